The molecule has 0 aromatic rings. The van der Waals surface area contributed by atoms with Gasteiger partial charge in [-0.25, -0.2) is 0 Å². The van der Waals surface area contributed by atoms with Gasteiger partial charge in [0.15, 0.2) is 14.1 Å². The second-order valence-electron chi connectivity index (χ2n) is 9.80. The number of ketones is 1. The molecule has 0 unspecified atom stereocenters. The molecule has 2 saturated carbocycles. The fraction of sp³-hybridized carbons (Fsp3) is 0.900. The number of esters is 1. The second-order valence-corrected chi connectivity index (χ2v) is 14.6. The highest BCUT2D eigenvalue weighted by Gasteiger charge is 2.55. The van der Waals surface area contributed by atoms with E-state index in [0.29, 0.717) is 5.92 Å². The first-order chi connectivity index (χ1) is 11.4. The molecule has 0 N–H and O–H groups in total. The number of carbonyl (C=O) groups is 2. The Morgan fingerprint density at radius 1 is 1.16 bits per heavy atom. The van der Waals surface area contributed by atoms with Gasteiger partial charge < -0.3 is 9.16 Å². The van der Waals surface area contributed by atoms with Crippen molar-refractivity contribution in [1.82, 2.24) is 0 Å². The third kappa shape index (κ3) is 4.18. The van der Waals surface area contributed by atoms with Crippen LogP contribution < -0.4 is 0 Å². The van der Waals surface area contributed by atoms with Crippen LogP contribution >= 0.6 is 0 Å². The Morgan fingerprint density at radius 2 is 1.80 bits per heavy atom. The van der Waals surface area contributed by atoms with Gasteiger partial charge in [0.2, 0.25) is 0 Å². The molecule has 5 heteroatoms. The molecule has 0 heterocycles. The predicted molar refractivity (Wildman–Crippen MR) is 102 cm³/mol. The van der Waals surface area contributed by atoms with E-state index in [9.17, 15) is 9.59 Å². The zero-order chi connectivity index (χ0) is 19.0. The topological polar surface area (TPSA) is 52.6 Å². The van der Waals surface area contributed by atoms with E-state index in [1.54, 1.807) is 0 Å². The van der Waals surface area contributed by atoms with Crippen LogP contribution in [-0.2, 0) is 18.8 Å². The third-order valence-electron chi connectivity index (χ3n) is 7.12. The van der Waals surface area contributed by atoms with Gasteiger partial charge in [0, 0.05) is 18.9 Å². The monoisotopic (exact) mass is 368 g/mol. The van der Waals surface area contributed by atoms with E-state index in [1.165, 1.54) is 6.92 Å². The van der Waals surface area contributed by atoms with Gasteiger partial charge in [-0.15, -0.1) is 0 Å². The number of carbonyl (C=O) groups excluding carboxylic acids is 2. The van der Waals surface area contributed by atoms with E-state index in [2.05, 4.69) is 40.8 Å². The Labute approximate surface area is 154 Å². The van der Waals surface area contributed by atoms with Gasteiger partial charge in [-0.2, -0.15) is 0 Å². The first kappa shape index (κ1) is 20.6. The molecule has 0 aromatic heterocycles. The zero-order valence-electron chi connectivity index (χ0n) is 17.1. The number of hydrogen-bond donors (Lipinski definition) is 0. The fourth-order valence-electron chi connectivity index (χ4n) is 4.62. The Morgan fingerprint density at radius 3 is 2.36 bits per heavy atom. The molecule has 0 spiro atoms. The Kier molecular flexibility index (Phi) is 5.89. The summed E-state index contributed by atoms with van der Waals surface area (Å²) in [6.07, 6.45) is 5.52. The fourth-order valence-corrected chi connectivity index (χ4v) is 6.01. The molecule has 2 rings (SSSR count). The van der Waals surface area contributed by atoms with Gasteiger partial charge in [-0.05, 0) is 55.1 Å². The maximum Gasteiger partial charge on any atom is 0.303 e. The van der Waals surface area contributed by atoms with E-state index in [1.807, 2.05) is 0 Å². The van der Waals surface area contributed by atoms with E-state index >= 15 is 0 Å². The number of Topliss-reactive ketones (excluding diaryl/α,β-unsaturated/α-hetero) is 1. The van der Waals surface area contributed by atoms with Gasteiger partial charge in [-0.3, -0.25) is 9.59 Å². The van der Waals surface area contributed by atoms with Crippen molar-refractivity contribution in [1.29, 1.82) is 0 Å². The number of fused-ring (bicyclic) bond motifs is 1. The van der Waals surface area contributed by atoms with Crippen molar-refractivity contribution in [3.05, 3.63) is 0 Å². The van der Waals surface area contributed by atoms with Gasteiger partial charge in [0.25, 0.3) is 0 Å². The average molecular weight is 369 g/mol. The molecule has 0 amide bonds. The minimum Gasteiger partial charge on any atom is -0.458 e. The molecular formula is C20H36O4Si. The Balaban J connectivity index is 2.13. The lowest BCUT2D eigenvalue weighted by atomic mass is 9.63. The first-order valence-electron chi connectivity index (χ1n) is 9.72. The summed E-state index contributed by atoms with van der Waals surface area (Å²) in [5, 5.41) is 0.198. The summed E-state index contributed by atoms with van der Waals surface area (Å²) in [7, 11) is -1.82. The first-order valence-corrected chi connectivity index (χ1v) is 12.6. The van der Waals surface area contributed by atoms with Gasteiger partial charge >= 0.3 is 5.97 Å². The zero-order valence-corrected chi connectivity index (χ0v) is 18.1. The van der Waals surface area contributed by atoms with Crippen LogP contribution in [0.2, 0.25) is 18.1 Å². The van der Waals surface area contributed by atoms with Gasteiger partial charge in [-0.1, -0.05) is 34.1 Å². The molecule has 0 aromatic carbocycles. The van der Waals surface area contributed by atoms with E-state index in [0.717, 1.165) is 32.1 Å². The highest BCUT2D eigenvalue weighted by Crippen LogP contribution is 2.57. The van der Waals surface area contributed by atoms with Crippen molar-refractivity contribution in [2.45, 2.75) is 91.0 Å². The van der Waals surface area contributed by atoms with Crippen LogP contribution in [0.25, 0.3) is 0 Å². The lowest BCUT2D eigenvalue weighted by molar-refractivity contribution is -0.148. The quantitative estimate of drug-likeness (QED) is 0.520. The molecule has 25 heavy (non-hydrogen) atoms. The Hall–Kier alpha value is -0.683. The van der Waals surface area contributed by atoms with Crippen molar-refractivity contribution in [3.8, 4) is 0 Å². The lowest BCUT2D eigenvalue weighted by Crippen LogP contribution is -2.50. The summed E-state index contributed by atoms with van der Waals surface area (Å²) in [5.41, 5.74) is -0.0114. The van der Waals surface area contributed by atoms with E-state index in [4.69, 9.17) is 9.16 Å². The predicted octanol–water partition coefficient (Wildman–Crippen LogP) is 4.73. The van der Waals surface area contributed by atoms with Crippen LogP contribution in [0.3, 0.4) is 0 Å². The molecule has 0 saturated heterocycles. The smallest absolute Gasteiger partial charge is 0.303 e. The van der Waals surface area contributed by atoms with Crippen LogP contribution in [0, 0.1) is 17.3 Å². The standard InChI is InChI=1S/C20H36O4Si/c1-14(21)23-13-17(22)15-10-11-16-18(9-8-12-20(15,16)5)24-25(6,7)19(2,3)4/h15-16,18H,8-13H2,1-7H3/t15-,16+,18+,20-/m1/s1. The molecule has 0 radical (unpaired) electrons. The summed E-state index contributed by atoms with van der Waals surface area (Å²) >= 11 is 0. The molecule has 2 fully saturated rings. The highest BCUT2D eigenvalue weighted by atomic mass is 28.4. The van der Waals surface area contributed by atoms with Crippen molar-refractivity contribution in [2.75, 3.05) is 6.61 Å². The van der Waals surface area contributed by atoms with E-state index in [-0.39, 0.29) is 40.8 Å². The van der Waals surface area contributed by atoms with Gasteiger partial charge in [0.05, 0.1) is 0 Å². The minimum absolute atomic E-state index is 0.00247. The van der Waals surface area contributed by atoms with Crippen LogP contribution in [0.4, 0.5) is 0 Å². The minimum atomic E-state index is -1.82. The molecule has 144 valence electrons. The van der Waals surface area contributed by atoms with Crippen molar-refractivity contribution in [3.63, 3.8) is 0 Å². The molecular weight excluding hydrogens is 332 g/mol. The molecule has 0 bridgehead atoms. The van der Waals surface area contributed by atoms with Crippen LogP contribution in [0.15, 0.2) is 0 Å². The summed E-state index contributed by atoms with van der Waals surface area (Å²) in [5.74, 6) is 0.160. The maximum absolute atomic E-state index is 12.7. The molecule has 0 aliphatic heterocycles. The SMILES string of the molecule is CC(=O)OCC(=O)[C@H]1CC[C@H]2[C@@H](O[Si](C)(C)C(C)(C)C)CCC[C@]12C. The molecule has 2 aliphatic rings. The summed E-state index contributed by atoms with van der Waals surface area (Å²) in [6, 6.07) is 0. The van der Waals surface area contributed by atoms with Crippen LogP contribution in [0.5, 0.6) is 0 Å². The molecule has 4 atom stereocenters. The Bertz CT molecular complexity index is 522. The van der Waals surface area contributed by atoms with E-state index < -0.39 is 8.32 Å². The van der Waals surface area contributed by atoms with Crippen molar-refractivity contribution >= 4 is 20.1 Å². The summed E-state index contributed by atoms with van der Waals surface area (Å²) in [4.78, 5) is 23.7. The molecule has 4 nitrogen and oxygen atoms in total. The number of ether oxygens (including phenoxy) is 1. The summed E-state index contributed by atoms with van der Waals surface area (Å²) < 4.78 is 11.8. The maximum atomic E-state index is 12.7. The van der Waals surface area contributed by atoms with Crippen molar-refractivity contribution in [2.24, 2.45) is 17.3 Å². The van der Waals surface area contributed by atoms with Crippen LogP contribution in [-0.4, -0.2) is 32.8 Å². The third-order valence-corrected chi connectivity index (χ3v) is 11.6. The van der Waals surface area contributed by atoms with Crippen molar-refractivity contribution < 1.29 is 18.8 Å². The van der Waals surface area contributed by atoms with Crippen LogP contribution in [0.1, 0.15) is 66.7 Å². The normalized spacial score (nSPS) is 33.0. The molecule has 2 aliphatic carbocycles. The second kappa shape index (κ2) is 7.14. The largest absolute Gasteiger partial charge is 0.458 e. The van der Waals surface area contributed by atoms with Gasteiger partial charge in [0.1, 0.15) is 6.61 Å². The number of hydrogen-bond acceptors (Lipinski definition) is 4. The lowest BCUT2D eigenvalue weighted by Gasteiger charge is -2.48. The highest BCUT2D eigenvalue weighted by molar-refractivity contribution is 6.74. The average Bonchev–Trinajstić information content (AvgIpc) is 2.81. The number of rotatable bonds is 5. The summed E-state index contributed by atoms with van der Waals surface area (Å²) in [6.45, 7) is 15.0.